The number of hydrogen-bond acceptors (Lipinski definition) is 2. The lowest BCUT2D eigenvalue weighted by molar-refractivity contribution is 0.120. The number of carbonyl (C=O) groups excluding carboxylic acids is 1. The smallest absolute Gasteiger partial charge is 0.319 e. The normalized spacial score (nSPS) is 16.8. The molecule has 1 aliphatic rings. The number of carbonyl (C=O) groups is 1. The van der Waals surface area contributed by atoms with Gasteiger partial charge in [-0.3, -0.25) is 0 Å². The predicted molar refractivity (Wildman–Crippen MR) is 110 cm³/mol. The van der Waals surface area contributed by atoms with Crippen molar-refractivity contribution in [3.05, 3.63) is 35.4 Å². The van der Waals surface area contributed by atoms with Gasteiger partial charge in [0, 0.05) is 45.7 Å². The van der Waals surface area contributed by atoms with E-state index in [1.807, 2.05) is 19.0 Å². The topological polar surface area (TPSA) is 26.8 Å². The number of amides is 2. The molecule has 0 bridgehead atoms. The van der Waals surface area contributed by atoms with E-state index in [2.05, 4.69) is 43.0 Å². The number of nitrogens with zero attached hydrogens (tertiary/aromatic N) is 3. The molecule has 0 radical (unpaired) electrons. The molecule has 146 valence electrons. The molecule has 4 nitrogen and oxygen atoms in total. The van der Waals surface area contributed by atoms with Gasteiger partial charge in [0.15, 0.2) is 0 Å². The molecule has 1 heterocycles. The van der Waals surface area contributed by atoms with E-state index >= 15 is 0 Å². The van der Waals surface area contributed by atoms with E-state index in [4.69, 9.17) is 11.6 Å². The second-order valence-electron chi connectivity index (χ2n) is 7.70. The molecule has 5 heteroatoms. The summed E-state index contributed by atoms with van der Waals surface area (Å²) >= 11 is 5.97. The molecular formula is C21H34ClN3O. The Morgan fingerprint density at radius 2 is 1.92 bits per heavy atom. The molecule has 1 aromatic carbocycles. The largest absolute Gasteiger partial charge is 0.331 e. The van der Waals surface area contributed by atoms with Gasteiger partial charge < -0.3 is 14.7 Å². The number of halogens is 1. The van der Waals surface area contributed by atoms with Crippen molar-refractivity contribution in [2.75, 3.05) is 40.3 Å². The van der Waals surface area contributed by atoms with E-state index in [1.54, 1.807) is 4.90 Å². The maximum Gasteiger partial charge on any atom is 0.319 e. The number of benzene rings is 1. The lowest BCUT2D eigenvalue weighted by Gasteiger charge is -2.37. The van der Waals surface area contributed by atoms with Crippen molar-refractivity contribution in [1.82, 2.24) is 14.7 Å². The summed E-state index contributed by atoms with van der Waals surface area (Å²) < 4.78 is 0. The van der Waals surface area contributed by atoms with Crippen LogP contribution < -0.4 is 0 Å². The zero-order valence-electron chi connectivity index (χ0n) is 16.7. The third kappa shape index (κ3) is 5.88. The molecule has 0 aliphatic carbocycles. The van der Waals surface area contributed by atoms with Crippen LogP contribution in [-0.4, -0.2) is 67.0 Å². The first-order chi connectivity index (χ1) is 12.4. The number of rotatable bonds is 7. The number of hydrogen-bond donors (Lipinski definition) is 0. The third-order valence-electron chi connectivity index (χ3n) is 5.47. The lowest BCUT2D eigenvalue weighted by atomic mass is 9.95. The van der Waals surface area contributed by atoms with Crippen molar-refractivity contribution in [3.63, 3.8) is 0 Å². The summed E-state index contributed by atoms with van der Waals surface area (Å²) in [7, 11) is 3.66. The summed E-state index contributed by atoms with van der Waals surface area (Å²) in [4.78, 5) is 18.3. The minimum atomic E-state index is 0.142. The second-order valence-corrected chi connectivity index (χ2v) is 7.97. The van der Waals surface area contributed by atoms with Crippen LogP contribution in [0.2, 0.25) is 0 Å². The molecule has 1 atom stereocenters. The highest BCUT2D eigenvalue weighted by molar-refractivity contribution is 6.17. The van der Waals surface area contributed by atoms with Gasteiger partial charge in [0.2, 0.25) is 0 Å². The van der Waals surface area contributed by atoms with E-state index in [-0.39, 0.29) is 6.03 Å². The van der Waals surface area contributed by atoms with Crippen LogP contribution in [0.1, 0.15) is 37.8 Å². The summed E-state index contributed by atoms with van der Waals surface area (Å²) in [6.45, 7) is 8.51. The molecule has 1 aromatic rings. The maximum atomic E-state index is 12.1. The molecule has 1 aliphatic heterocycles. The minimum absolute atomic E-state index is 0.142. The first-order valence-corrected chi connectivity index (χ1v) is 10.3. The summed E-state index contributed by atoms with van der Waals surface area (Å²) in [5.74, 6) is 1.25. The van der Waals surface area contributed by atoms with Crippen LogP contribution in [0, 0.1) is 5.92 Å². The van der Waals surface area contributed by atoms with E-state index in [0.717, 1.165) is 45.4 Å². The van der Waals surface area contributed by atoms with E-state index < -0.39 is 0 Å². The van der Waals surface area contributed by atoms with Crippen LogP contribution in [0.15, 0.2) is 24.3 Å². The van der Waals surface area contributed by atoms with Gasteiger partial charge in [-0.05, 0) is 49.8 Å². The zero-order valence-corrected chi connectivity index (χ0v) is 17.5. The van der Waals surface area contributed by atoms with Crippen molar-refractivity contribution in [1.29, 1.82) is 0 Å². The molecule has 1 fully saturated rings. The number of urea groups is 1. The molecule has 2 amide bonds. The zero-order chi connectivity index (χ0) is 19.1. The van der Waals surface area contributed by atoms with Crippen molar-refractivity contribution >= 4 is 17.6 Å². The summed E-state index contributed by atoms with van der Waals surface area (Å²) in [6.07, 6.45) is 3.26. The van der Waals surface area contributed by atoms with E-state index in [1.165, 1.54) is 11.1 Å². The molecule has 0 spiro atoms. The van der Waals surface area contributed by atoms with Gasteiger partial charge >= 0.3 is 6.03 Å². The van der Waals surface area contributed by atoms with E-state index in [9.17, 15) is 4.79 Å². The summed E-state index contributed by atoms with van der Waals surface area (Å²) in [6, 6.07) is 9.26. The Morgan fingerprint density at radius 3 is 2.50 bits per heavy atom. The van der Waals surface area contributed by atoms with Gasteiger partial charge in [-0.1, -0.05) is 31.2 Å². The van der Waals surface area contributed by atoms with Gasteiger partial charge in [0.25, 0.3) is 0 Å². The SMILES string of the molecule is CCN(CC1CCN(C(=O)N(C)C)CC1)C(C)Cc1cccc(CCl)c1. The molecule has 0 saturated carbocycles. The maximum absolute atomic E-state index is 12.1. The van der Waals surface area contributed by atoms with Gasteiger partial charge in [-0.2, -0.15) is 0 Å². The summed E-state index contributed by atoms with van der Waals surface area (Å²) in [5, 5.41) is 0. The molecule has 1 saturated heterocycles. The molecule has 1 unspecified atom stereocenters. The monoisotopic (exact) mass is 379 g/mol. The number of likely N-dealkylation sites (tertiary alicyclic amines) is 1. The second kappa shape index (κ2) is 10.2. The highest BCUT2D eigenvalue weighted by Crippen LogP contribution is 2.21. The minimum Gasteiger partial charge on any atom is -0.331 e. The fourth-order valence-corrected chi connectivity index (χ4v) is 4.02. The van der Waals surface area contributed by atoms with Crippen molar-refractivity contribution in [3.8, 4) is 0 Å². The fourth-order valence-electron chi connectivity index (χ4n) is 3.85. The van der Waals surface area contributed by atoms with Crippen molar-refractivity contribution in [2.45, 2.75) is 45.0 Å². The number of alkyl halides is 1. The van der Waals surface area contributed by atoms with Crippen LogP contribution in [0.5, 0.6) is 0 Å². The number of likely N-dealkylation sites (N-methyl/N-ethyl adjacent to an activating group) is 1. The third-order valence-corrected chi connectivity index (χ3v) is 5.78. The van der Waals surface area contributed by atoms with Crippen LogP contribution in [0.25, 0.3) is 0 Å². The fraction of sp³-hybridized carbons (Fsp3) is 0.667. The Labute approximate surface area is 164 Å². The van der Waals surface area contributed by atoms with Gasteiger partial charge in [-0.15, -0.1) is 11.6 Å². The quantitative estimate of drug-likeness (QED) is 0.667. The molecule has 2 rings (SSSR count). The highest BCUT2D eigenvalue weighted by Gasteiger charge is 2.26. The van der Waals surface area contributed by atoms with E-state index in [0.29, 0.717) is 17.8 Å². The van der Waals surface area contributed by atoms with Crippen molar-refractivity contribution < 1.29 is 4.79 Å². The Bertz CT molecular complexity index is 570. The Morgan fingerprint density at radius 1 is 1.27 bits per heavy atom. The predicted octanol–water partition coefficient (Wildman–Crippen LogP) is 4.07. The Balaban J connectivity index is 1.86. The lowest BCUT2D eigenvalue weighted by Crippen LogP contribution is -2.46. The average molecular weight is 380 g/mol. The van der Waals surface area contributed by atoms with Crippen molar-refractivity contribution in [2.24, 2.45) is 5.92 Å². The molecule has 0 N–H and O–H groups in total. The standard InChI is InChI=1S/C21H34ClN3O/c1-5-24(17(2)13-19-7-6-8-20(14-19)15-22)16-18-9-11-25(12-10-18)21(26)23(3)4/h6-8,14,17-18H,5,9-13,15-16H2,1-4H3. The Kier molecular flexibility index (Phi) is 8.23. The van der Waals surface area contributed by atoms with Gasteiger partial charge in [-0.25, -0.2) is 4.79 Å². The molecule has 26 heavy (non-hydrogen) atoms. The summed E-state index contributed by atoms with van der Waals surface area (Å²) in [5.41, 5.74) is 2.55. The van der Waals surface area contributed by atoms with Gasteiger partial charge in [0.1, 0.15) is 0 Å². The average Bonchev–Trinajstić information content (AvgIpc) is 2.65. The van der Waals surface area contributed by atoms with Crippen LogP contribution >= 0.6 is 11.6 Å². The van der Waals surface area contributed by atoms with Crippen LogP contribution in [0.3, 0.4) is 0 Å². The van der Waals surface area contributed by atoms with Gasteiger partial charge in [0.05, 0.1) is 0 Å². The van der Waals surface area contributed by atoms with Crippen LogP contribution in [-0.2, 0) is 12.3 Å². The Hall–Kier alpha value is -1.26. The first-order valence-electron chi connectivity index (χ1n) is 9.78. The number of piperidine rings is 1. The molecule has 0 aromatic heterocycles. The van der Waals surface area contributed by atoms with Crippen LogP contribution in [0.4, 0.5) is 4.79 Å². The first kappa shape index (κ1) is 21.0. The molecular weight excluding hydrogens is 346 g/mol. The highest BCUT2D eigenvalue weighted by atomic mass is 35.5.